The average Bonchev–Trinajstić information content (AvgIpc) is 3.23. The molecule has 0 bridgehead atoms. The molecule has 1 heterocycles. The molecule has 8 heteroatoms. The van der Waals surface area contributed by atoms with Crippen molar-refractivity contribution < 1.29 is 14.1 Å². The molecule has 4 rings (SSSR count). The van der Waals surface area contributed by atoms with E-state index in [0.717, 1.165) is 5.69 Å². The molecular weight excluding hydrogens is 411 g/mol. The van der Waals surface area contributed by atoms with Gasteiger partial charge >= 0.3 is 0 Å². The number of anilines is 1. The standard InChI is InChI=1S/C24H17FN4O3/c25-19-12-9-17(10-13-19)24-18(16-28(27-24)21-6-2-1-3-7-21)11-14-23(30)26-20-5-4-8-22(15-20)29(31)32/h1-16H,(H,26,30)/b14-11-. The van der Waals surface area contributed by atoms with Gasteiger partial charge in [-0.3, -0.25) is 14.9 Å². The van der Waals surface area contributed by atoms with Crippen molar-refractivity contribution in [3.8, 4) is 16.9 Å². The van der Waals surface area contributed by atoms with Crippen molar-refractivity contribution in [2.24, 2.45) is 0 Å². The zero-order valence-corrected chi connectivity index (χ0v) is 16.7. The zero-order valence-electron chi connectivity index (χ0n) is 16.7. The molecular formula is C24H17FN4O3. The van der Waals surface area contributed by atoms with Gasteiger partial charge in [-0.1, -0.05) is 24.3 Å². The van der Waals surface area contributed by atoms with Gasteiger partial charge in [0.05, 0.1) is 16.3 Å². The van der Waals surface area contributed by atoms with Gasteiger partial charge in [-0.25, -0.2) is 9.07 Å². The van der Waals surface area contributed by atoms with E-state index in [9.17, 15) is 19.3 Å². The monoisotopic (exact) mass is 428 g/mol. The summed E-state index contributed by atoms with van der Waals surface area (Å²) in [7, 11) is 0. The van der Waals surface area contributed by atoms with Crippen molar-refractivity contribution in [2.75, 3.05) is 5.32 Å². The van der Waals surface area contributed by atoms with Crippen LogP contribution in [0.2, 0.25) is 0 Å². The van der Waals surface area contributed by atoms with Crippen LogP contribution in [0, 0.1) is 15.9 Å². The Bertz CT molecular complexity index is 1300. The predicted molar refractivity (Wildman–Crippen MR) is 120 cm³/mol. The predicted octanol–water partition coefficient (Wildman–Crippen LogP) is 5.24. The maximum Gasteiger partial charge on any atom is 0.271 e. The van der Waals surface area contributed by atoms with Crippen LogP contribution < -0.4 is 5.32 Å². The average molecular weight is 428 g/mol. The van der Waals surface area contributed by atoms with Crippen molar-refractivity contribution in [2.45, 2.75) is 0 Å². The lowest BCUT2D eigenvalue weighted by Gasteiger charge is -2.02. The first-order valence-corrected chi connectivity index (χ1v) is 9.64. The normalized spacial score (nSPS) is 10.9. The van der Waals surface area contributed by atoms with Gasteiger partial charge in [0.15, 0.2) is 0 Å². The number of hydrogen-bond acceptors (Lipinski definition) is 4. The molecule has 0 aliphatic heterocycles. The highest BCUT2D eigenvalue weighted by molar-refractivity contribution is 6.02. The van der Waals surface area contributed by atoms with Gasteiger partial charge in [0.1, 0.15) is 5.82 Å². The highest BCUT2D eigenvalue weighted by atomic mass is 19.1. The van der Waals surface area contributed by atoms with Crippen LogP contribution in [0.25, 0.3) is 23.0 Å². The smallest absolute Gasteiger partial charge is 0.271 e. The van der Waals surface area contributed by atoms with E-state index in [1.807, 2.05) is 30.3 Å². The van der Waals surface area contributed by atoms with Crippen molar-refractivity contribution in [3.63, 3.8) is 0 Å². The molecule has 0 atom stereocenters. The molecule has 4 aromatic rings. The lowest BCUT2D eigenvalue weighted by Crippen LogP contribution is -2.07. The number of aromatic nitrogens is 2. The minimum atomic E-state index is -0.529. The highest BCUT2D eigenvalue weighted by Gasteiger charge is 2.12. The summed E-state index contributed by atoms with van der Waals surface area (Å²) < 4.78 is 15.1. The number of carbonyl (C=O) groups is 1. The Morgan fingerprint density at radius 1 is 1.03 bits per heavy atom. The first-order valence-electron chi connectivity index (χ1n) is 9.64. The van der Waals surface area contributed by atoms with E-state index in [0.29, 0.717) is 22.5 Å². The van der Waals surface area contributed by atoms with Crippen molar-refractivity contribution in [3.05, 3.63) is 113 Å². The molecule has 0 saturated carbocycles. The van der Waals surface area contributed by atoms with Crippen LogP contribution in [-0.2, 0) is 4.79 Å². The molecule has 1 amide bonds. The van der Waals surface area contributed by atoms with E-state index in [-0.39, 0.29) is 11.5 Å². The van der Waals surface area contributed by atoms with E-state index in [4.69, 9.17) is 0 Å². The second-order valence-corrected chi connectivity index (χ2v) is 6.85. The summed E-state index contributed by atoms with van der Waals surface area (Å²) in [5.41, 5.74) is 2.95. The molecule has 0 unspecified atom stereocenters. The Morgan fingerprint density at radius 2 is 1.78 bits per heavy atom. The van der Waals surface area contributed by atoms with Gasteiger partial charge in [0.2, 0.25) is 5.91 Å². The van der Waals surface area contributed by atoms with Crippen molar-refractivity contribution >= 4 is 23.4 Å². The van der Waals surface area contributed by atoms with Gasteiger partial charge in [-0.05, 0) is 48.5 Å². The Hall–Kier alpha value is -4.59. The van der Waals surface area contributed by atoms with Gasteiger partial charge in [0.25, 0.3) is 5.69 Å². The minimum absolute atomic E-state index is 0.116. The van der Waals surface area contributed by atoms with Crippen LogP contribution in [0.1, 0.15) is 5.56 Å². The number of benzene rings is 3. The molecule has 1 N–H and O–H groups in total. The summed E-state index contributed by atoms with van der Waals surface area (Å²) in [6.45, 7) is 0. The van der Waals surface area contributed by atoms with Gasteiger partial charge in [-0.2, -0.15) is 5.10 Å². The Morgan fingerprint density at radius 3 is 2.50 bits per heavy atom. The summed E-state index contributed by atoms with van der Waals surface area (Å²) in [4.78, 5) is 22.8. The van der Waals surface area contributed by atoms with Gasteiger partial charge in [-0.15, -0.1) is 0 Å². The molecule has 32 heavy (non-hydrogen) atoms. The second-order valence-electron chi connectivity index (χ2n) is 6.85. The fourth-order valence-electron chi connectivity index (χ4n) is 3.10. The number of carbonyl (C=O) groups excluding carboxylic acids is 1. The molecule has 0 radical (unpaired) electrons. The third-order valence-electron chi connectivity index (χ3n) is 4.62. The van der Waals surface area contributed by atoms with E-state index >= 15 is 0 Å². The zero-order chi connectivity index (χ0) is 22.5. The van der Waals surface area contributed by atoms with Crippen molar-refractivity contribution in [1.82, 2.24) is 9.78 Å². The van der Waals surface area contributed by atoms with E-state index in [2.05, 4.69) is 10.4 Å². The van der Waals surface area contributed by atoms with Crippen LogP contribution in [0.5, 0.6) is 0 Å². The van der Waals surface area contributed by atoms with E-state index < -0.39 is 10.8 Å². The Kier molecular flexibility index (Phi) is 5.85. The Balaban J connectivity index is 1.63. The lowest BCUT2D eigenvalue weighted by atomic mass is 10.1. The number of nitro benzene ring substituents is 1. The number of rotatable bonds is 6. The summed E-state index contributed by atoms with van der Waals surface area (Å²) >= 11 is 0. The largest absolute Gasteiger partial charge is 0.322 e. The lowest BCUT2D eigenvalue weighted by molar-refractivity contribution is -0.384. The summed E-state index contributed by atoms with van der Waals surface area (Å²) in [6.07, 6.45) is 4.68. The fourth-order valence-corrected chi connectivity index (χ4v) is 3.10. The molecule has 0 aliphatic rings. The number of nitrogens with one attached hydrogen (secondary N) is 1. The second kappa shape index (κ2) is 9.05. The Labute approximate surface area is 182 Å². The quantitative estimate of drug-likeness (QED) is 0.258. The fraction of sp³-hybridized carbons (Fsp3) is 0. The molecule has 0 spiro atoms. The number of hydrogen-bond donors (Lipinski definition) is 1. The molecule has 158 valence electrons. The first kappa shape index (κ1) is 20.7. The van der Waals surface area contributed by atoms with Crippen LogP contribution >= 0.6 is 0 Å². The topological polar surface area (TPSA) is 90.1 Å². The van der Waals surface area contributed by atoms with Gasteiger partial charge < -0.3 is 5.32 Å². The maximum atomic E-state index is 13.4. The summed E-state index contributed by atoms with van der Waals surface area (Å²) in [5.74, 6) is -0.812. The molecule has 7 nitrogen and oxygen atoms in total. The SMILES string of the molecule is O=C(/C=C\c1cn(-c2ccccc2)nc1-c1ccc(F)cc1)Nc1cccc([N+](=O)[O-])c1. The van der Waals surface area contributed by atoms with Crippen LogP contribution in [-0.4, -0.2) is 20.6 Å². The number of para-hydroxylation sites is 1. The number of nitrogens with zero attached hydrogens (tertiary/aromatic N) is 3. The van der Waals surface area contributed by atoms with Crippen LogP contribution in [0.15, 0.2) is 91.1 Å². The third-order valence-corrected chi connectivity index (χ3v) is 4.62. The molecule has 1 aromatic heterocycles. The van der Waals surface area contributed by atoms with Gasteiger partial charge in [0, 0.05) is 41.2 Å². The molecule has 3 aromatic carbocycles. The number of nitro groups is 1. The summed E-state index contributed by atoms with van der Waals surface area (Å²) in [6, 6.07) is 21.1. The molecule has 0 fully saturated rings. The van der Waals surface area contributed by atoms with E-state index in [1.165, 1.54) is 36.4 Å². The van der Waals surface area contributed by atoms with Crippen molar-refractivity contribution in [1.29, 1.82) is 0 Å². The third kappa shape index (κ3) is 4.76. The number of non-ortho nitro benzene ring substituents is 1. The maximum absolute atomic E-state index is 13.4. The van der Waals surface area contributed by atoms with E-state index in [1.54, 1.807) is 35.2 Å². The minimum Gasteiger partial charge on any atom is -0.322 e. The molecule has 0 saturated heterocycles. The number of halogens is 1. The highest BCUT2D eigenvalue weighted by Crippen LogP contribution is 2.25. The van der Waals surface area contributed by atoms with Crippen LogP contribution in [0.3, 0.4) is 0 Å². The number of amides is 1. The van der Waals surface area contributed by atoms with Crippen LogP contribution in [0.4, 0.5) is 15.8 Å². The molecule has 0 aliphatic carbocycles. The summed E-state index contributed by atoms with van der Waals surface area (Å²) in [5, 5.41) is 18.1. The first-order chi connectivity index (χ1) is 15.5.